The first-order valence-electron chi connectivity index (χ1n) is 8.56. The second kappa shape index (κ2) is 7.33. The van der Waals surface area contributed by atoms with E-state index in [-0.39, 0.29) is 11.3 Å². The number of rotatable bonds is 5. The molecule has 4 aromatic rings. The number of H-pyrrole nitrogens is 1. The number of aryl methyl sites for hydroxylation is 1. The number of aromatic amines is 1. The first kappa shape index (κ1) is 18.0. The van der Waals surface area contributed by atoms with Gasteiger partial charge in [-0.05, 0) is 24.6 Å². The van der Waals surface area contributed by atoms with Gasteiger partial charge in [0, 0.05) is 17.4 Å². The molecule has 0 amide bonds. The number of hydrogen-bond acceptors (Lipinski definition) is 7. The minimum Gasteiger partial charge on any atom is -0.423 e. The van der Waals surface area contributed by atoms with Gasteiger partial charge in [-0.15, -0.1) is 0 Å². The van der Waals surface area contributed by atoms with Gasteiger partial charge in [0.05, 0.1) is 5.52 Å². The molecule has 0 fully saturated rings. The van der Waals surface area contributed by atoms with E-state index >= 15 is 0 Å². The van der Waals surface area contributed by atoms with Gasteiger partial charge < -0.3 is 15.4 Å². The molecule has 0 bridgehead atoms. The Morgan fingerprint density at radius 3 is 2.71 bits per heavy atom. The Balaban J connectivity index is 1.68. The van der Waals surface area contributed by atoms with E-state index in [2.05, 4.69) is 30.5 Å². The van der Waals surface area contributed by atoms with Crippen LogP contribution in [0.4, 0.5) is 10.3 Å². The molecule has 10 heteroatoms. The third kappa shape index (κ3) is 3.55. The second-order valence-corrected chi connectivity index (χ2v) is 6.23. The highest BCUT2D eigenvalue weighted by Gasteiger charge is 2.20. The van der Waals surface area contributed by atoms with Crippen LogP contribution in [0, 0.1) is 12.7 Å². The van der Waals surface area contributed by atoms with Crippen molar-refractivity contribution < 1.29 is 14.4 Å². The van der Waals surface area contributed by atoms with Crippen LogP contribution in [0.2, 0.25) is 0 Å². The minimum absolute atomic E-state index is 0.287. The number of aromatic nitrogens is 5. The number of anilines is 1. The highest BCUT2D eigenvalue weighted by atomic mass is 19.1. The molecule has 0 saturated heterocycles. The van der Waals surface area contributed by atoms with E-state index in [0.29, 0.717) is 40.7 Å². The van der Waals surface area contributed by atoms with Gasteiger partial charge in [-0.25, -0.2) is 9.37 Å². The summed E-state index contributed by atoms with van der Waals surface area (Å²) >= 11 is 0. The van der Waals surface area contributed by atoms with Crippen LogP contribution >= 0.6 is 0 Å². The van der Waals surface area contributed by atoms with Gasteiger partial charge in [-0.3, -0.25) is 5.10 Å². The van der Waals surface area contributed by atoms with E-state index in [0.717, 1.165) is 5.56 Å². The predicted octanol–water partition coefficient (Wildman–Crippen LogP) is 1.15. The van der Waals surface area contributed by atoms with Crippen LogP contribution in [0.15, 0.2) is 42.5 Å². The average Bonchev–Trinajstić information content (AvgIpc) is 3.10. The van der Waals surface area contributed by atoms with Crippen LogP contribution in [0.25, 0.3) is 22.4 Å². The lowest BCUT2D eigenvalue weighted by molar-refractivity contribution is 0.426. The summed E-state index contributed by atoms with van der Waals surface area (Å²) in [7, 11) is -1.64. The third-order valence-electron chi connectivity index (χ3n) is 4.20. The summed E-state index contributed by atoms with van der Waals surface area (Å²) in [6, 6.07) is 11.3. The van der Waals surface area contributed by atoms with E-state index in [1.54, 1.807) is 37.3 Å². The van der Waals surface area contributed by atoms with Crippen LogP contribution < -0.4 is 10.8 Å². The molecular formula is C18H16BFN6O2. The topological polar surface area (TPSA) is 120 Å². The van der Waals surface area contributed by atoms with E-state index < -0.39 is 7.12 Å². The van der Waals surface area contributed by atoms with Crippen molar-refractivity contribution in [3.05, 3.63) is 59.7 Å². The molecule has 2 heterocycles. The van der Waals surface area contributed by atoms with Crippen molar-refractivity contribution >= 4 is 29.4 Å². The zero-order valence-electron chi connectivity index (χ0n) is 14.9. The number of halogens is 1. The Morgan fingerprint density at radius 1 is 1.11 bits per heavy atom. The zero-order chi connectivity index (χ0) is 19.7. The van der Waals surface area contributed by atoms with E-state index in [4.69, 9.17) is 0 Å². The minimum atomic E-state index is -1.64. The van der Waals surface area contributed by atoms with Crippen molar-refractivity contribution in [1.29, 1.82) is 0 Å². The van der Waals surface area contributed by atoms with E-state index in [1.165, 1.54) is 12.1 Å². The summed E-state index contributed by atoms with van der Waals surface area (Å²) in [5.74, 6) is 0.889. The third-order valence-corrected chi connectivity index (χ3v) is 4.20. The van der Waals surface area contributed by atoms with Crippen molar-refractivity contribution in [3.63, 3.8) is 0 Å². The Bertz CT molecular complexity index is 1150. The van der Waals surface area contributed by atoms with Crippen LogP contribution in [0.5, 0.6) is 0 Å². The Labute approximate surface area is 159 Å². The fourth-order valence-electron chi connectivity index (χ4n) is 2.94. The molecule has 140 valence electrons. The molecule has 0 spiro atoms. The SMILES string of the molecule is Cc1nc(NCc2cccc(F)c2)nc(-c2[nH]nc3c(B(O)O)cccc23)n1. The van der Waals surface area contributed by atoms with Gasteiger partial charge in [0.2, 0.25) is 5.95 Å². The molecule has 0 aliphatic rings. The van der Waals surface area contributed by atoms with Crippen LogP contribution in [-0.4, -0.2) is 42.3 Å². The lowest BCUT2D eigenvalue weighted by atomic mass is 9.79. The molecule has 4 rings (SSSR count). The second-order valence-electron chi connectivity index (χ2n) is 6.23. The molecule has 0 atom stereocenters. The number of fused-ring (bicyclic) bond motifs is 1. The maximum Gasteiger partial charge on any atom is 0.490 e. The highest BCUT2D eigenvalue weighted by molar-refractivity contribution is 6.61. The van der Waals surface area contributed by atoms with Crippen LogP contribution in [0.1, 0.15) is 11.4 Å². The lowest BCUT2D eigenvalue weighted by Gasteiger charge is -2.07. The van der Waals surface area contributed by atoms with Gasteiger partial charge in [0.15, 0.2) is 5.82 Å². The standard InChI is InChI=1S/C18H16BFN6O2/c1-10-22-17(16-13-6-3-7-14(19(27)28)15(13)25-26-16)24-18(23-10)21-9-11-4-2-5-12(20)8-11/h2-8,27-28H,9H2,1H3,(H,25,26)(H,21,22,23,24). The van der Waals surface area contributed by atoms with Crippen molar-refractivity contribution in [3.8, 4) is 11.5 Å². The van der Waals surface area contributed by atoms with Crippen molar-refractivity contribution in [2.75, 3.05) is 5.32 Å². The van der Waals surface area contributed by atoms with E-state index in [9.17, 15) is 14.4 Å². The summed E-state index contributed by atoms with van der Waals surface area (Å²) in [5.41, 5.74) is 2.01. The Kier molecular flexibility index (Phi) is 4.72. The van der Waals surface area contributed by atoms with Gasteiger partial charge in [0.25, 0.3) is 0 Å². The quantitative estimate of drug-likeness (QED) is 0.385. The molecule has 28 heavy (non-hydrogen) atoms. The summed E-state index contributed by atoms with van der Waals surface area (Å²) in [5, 5.41) is 29.8. The molecular weight excluding hydrogens is 362 g/mol. The number of para-hydroxylation sites is 1. The molecule has 0 radical (unpaired) electrons. The van der Waals surface area contributed by atoms with Gasteiger partial charge in [-0.2, -0.15) is 15.1 Å². The summed E-state index contributed by atoms with van der Waals surface area (Å²) in [4.78, 5) is 13.0. The summed E-state index contributed by atoms with van der Waals surface area (Å²) in [6.45, 7) is 2.09. The highest BCUT2D eigenvalue weighted by Crippen LogP contribution is 2.23. The Hall–Kier alpha value is -3.37. The first-order chi connectivity index (χ1) is 13.5. The van der Waals surface area contributed by atoms with Crippen LogP contribution in [-0.2, 0) is 6.54 Å². The molecule has 4 N–H and O–H groups in total. The van der Waals surface area contributed by atoms with Crippen molar-refractivity contribution in [2.24, 2.45) is 0 Å². The summed E-state index contributed by atoms with van der Waals surface area (Å²) < 4.78 is 13.3. The molecule has 2 aromatic carbocycles. The van der Waals surface area contributed by atoms with E-state index in [1.807, 2.05) is 0 Å². The van der Waals surface area contributed by atoms with Gasteiger partial charge >= 0.3 is 7.12 Å². The maximum absolute atomic E-state index is 13.3. The molecule has 8 nitrogen and oxygen atoms in total. The molecule has 0 saturated carbocycles. The molecule has 0 aliphatic heterocycles. The van der Waals surface area contributed by atoms with Crippen LogP contribution in [0.3, 0.4) is 0 Å². The fourth-order valence-corrected chi connectivity index (χ4v) is 2.94. The van der Waals surface area contributed by atoms with Crippen molar-refractivity contribution in [2.45, 2.75) is 13.5 Å². The fraction of sp³-hybridized carbons (Fsp3) is 0.111. The number of hydrogen-bond donors (Lipinski definition) is 4. The Morgan fingerprint density at radius 2 is 1.93 bits per heavy atom. The molecule has 0 aliphatic carbocycles. The molecule has 2 aromatic heterocycles. The summed E-state index contributed by atoms with van der Waals surface area (Å²) in [6.07, 6.45) is 0. The smallest absolute Gasteiger partial charge is 0.423 e. The maximum atomic E-state index is 13.3. The van der Waals surface area contributed by atoms with Crippen molar-refractivity contribution in [1.82, 2.24) is 25.1 Å². The number of benzene rings is 2. The average molecular weight is 378 g/mol. The zero-order valence-corrected chi connectivity index (χ0v) is 14.9. The van der Waals surface area contributed by atoms with Gasteiger partial charge in [-0.1, -0.05) is 30.3 Å². The van der Waals surface area contributed by atoms with Gasteiger partial charge in [0.1, 0.15) is 17.3 Å². The monoisotopic (exact) mass is 378 g/mol. The number of nitrogens with one attached hydrogen (secondary N) is 2. The normalized spacial score (nSPS) is 11.0. The molecule has 0 unspecified atom stereocenters. The largest absolute Gasteiger partial charge is 0.490 e. The first-order valence-corrected chi connectivity index (χ1v) is 8.56. The number of nitrogens with zero attached hydrogens (tertiary/aromatic N) is 4. The predicted molar refractivity (Wildman–Crippen MR) is 103 cm³/mol. The lowest BCUT2D eigenvalue weighted by Crippen LogP contribution is -2.30.